The van der Waals surface area contributed by atoms with Gasteiger partial charge in [-0.25, -0.2) is 9.97 Å². The number of nitrogens with two attached hydrogens (primary N) is 4. The van der Waals surface area contributed by atoms with E-state index < -0.39 is 198 Å². The van der Waals surface area contributed by atoms with Crippen molar-refractivity contribution in [2.45, 2.75) is 227 Å². The van der Waals surface area contributed by atoms with Gasteiger partial charge in [-0.15, -0.1) is 11.8 Å². The van der Waals surface area contributed by atoms with Gasteiger partial charge in [0, 0.05) is 112 Å². The number of thioether (sulfide) groups is 1. The van der Waals surface area contributed by atoms with Crippen molar-refractivity contribution in [3.8, 4) is 0 Å². The van der Waals surface area contributed by atoms with Crippen LogP contribution in [0.2, 0.25) is 0 Å². The predicted molar refractivity (Wildman–Crippen MR) is 496 cm³/mol. The van der Waals surface area contributed by atoms with E-state index in [1.165, 1.54) is 52.2 Å². The van der Waals surface area contributed by atoms with Gasteiger partial charge in [-0.2, -0.15) is 25.3 Å². The molecule has 3 fully saturated rings. The van der Waals surface area contributed by atoms with Crippen molar-refractivity contribution in [3.63, 3.8) is 0 Å². The van der Waals surface area contributed by atoms with Gasteiger partial charge in [0.25, 0.3) is 0 Å². The molecule has 3 aliphatic rings. The lowest BCUT2D eigenvalue weighted by molar-refractivity contribution is -0.148. The van der Waals surface area contributed by atoms with Gasteiger partial charge in [0.1, 0.15) is 84.6 Å². The molecule has 15 amide bonds. The van der Waals surface area contributed by atoms with Gasteiger partial charge in [0.2, 0.25) is 88.6 Å². The molecule has 8 rings (SSSR count). The van der Waals surface area contributed by atoms with E-state index in [0.717, 1.165) is 0 Å². The number of rotatable bonds is 54. The number of thiol groups is 2. The van der Waals surface area contributed by atoms with E-state index in [1.807, 2.05) is 0 Å². The number of hydrogen-bond acceptors (Lipinski definition) is 24. The van der Waals surface area contributed by atoms with Crippen LogP contribution in [0.4, 0.5) is 0 Å². The summed E-state index contributed by atoms with van der Waals surface area (Å²) in [5, 5.41) is 70.7. The number of likely N-dealkylation sites (tertiary alicyclic amines) is 2. The van der Waals surface area contributed by atoms with E-state index in [-0.39, 0.29) is 171 Å². The van der Waals surface area contributed by atoms with Crippen LogP contribution in [-0.2, 0) is 102 Å². The largest absolute Gasteiger partial charge is 0.481 e. The molecule has 49 heteroatoms. The monoisotopic (exact) mass is 1910 g/mol. The Morgan fingerprint density at radius 2 is 0.917 bits per heavy atom. The smallest absolute Gasteiger partial charge is 0.303 e. The Labute approximate surface area is 782 Å². The molecule has 133 heavy (non-hydrogen) atoms. The van der Waals surface area contributed by atoms with Crippen LogP contribution in [0.3, 0.4) is 0 Å². The van der Waals surface area contributed by atoms with Gasteiger partial charge in [0.05, 0.1) is 29.9 Å². The summed E-state index contributed by atoms with van der Waals surface area (Å²) in [6.07, 6.45) is 7.25. The van der Waals surface area contributed by atoms with E-state index in [4.69, 9.17) is 39.2 Å². The second-order valence-electron chi connectivity index (χ2n) is 32.5. The number of carboxylic acids is 1. The molecule has 6 heterocycles. The average molecular weight is 1910 g/mol. The number of aliphatic carboxylic acids is 1. The summed E-state index contributed by atoms with van der Waals surface area (Å²) in [4.78, 5) is 250. The number of H-pyrrole nitrogens is 3. The van der Waals surface area contributed by atoms with Crippen LogP contribution in [0.25, 0.3) is 10.9 Å². The lowest BCUT2D eigenvalue weighted by Gasteiger charge is -2.33. The van der Waals surface area contributed by atoms with Crippen LogP contribution in [0.1, 0.15) is 139 Å². The number of carbonyl (C=O) groups is 16. The molecule has 724 valence electrons. The standard InChI is InChI=1S/C84H123N29O17S3/c1-3-4-18-54(70(119)103-55(21-11-30-95-83(88)89)69(118)101-53(68(85)117)20-10-29-94-82(86)87)102-72(121)58(27-28-67(115)116)104-71(120)56(22-12-31-96-84(90)91)106-77(126)64-23-13-32-111(64)81(130)65-24-14-33-112(65)79(128)63(41-132)110-75(124)60(35-48-37-97-52-19-9-8-17-51(48)52)108-73(122)57(26-25-49-38-92-43-98-49)105-74(123)59(34-47-15-6-5-7-16-47)107-76(125)61(36-50-39-93-44-99-50)109-78(127)66-42-133-45-113(66)80(129)62(40-131)100-46(2)114/h5-9,15-17,19,37-39,43-44,53-66,97,131-132H,3-4,10-14,18,20-36,40-42,45H2,1-2H3,(H2,85,117)(H,92,98)(H,93,99)(H,100,114)(H,101,118)(H,102,121)(H,103,119)(H,104,120)(H,105,123)(H,106,126)(H,107,125)(H,108,122)(H,109,127)(H,110,124)(H,115,116)(H4,86,87,94)(H4,88,89,95)(H4,90,91,96)/t53-,54+,55-,56-,57+,58+,59-,60+,61+,62+,63+,64+,65+,66+/m1/s1. The number of nitrogens with one attached hydrogen (secondary N) is 20. The highest BCUT2D eigenvalue weighted by Gasteiger charge is 2.46. The van der Waals surface area contributed by atoms with E-state index in [0.29, 0.717) is 46.3 Å². The van der Waals surface area contributed by atoms with Crippen molar-refractivity contribution in [2.75, 3.05) is 55.9 Å². The van der Waals surface area contributed by atoms with Crippen LogP contribution >= 0.6 is 37.0 Å². The zero-order valence-electron chi connectivity index (χ0n) is 74.0. The lowest BCUT2D eigenvalue weighted by atomic mass is 10.0. The van der Waals surface area contributed by atoms with Crippen LogP contribution < -0.4 is 97.4 Å². The Balaban J connectivity index is 0.994. The first-order valence-corrected chi connectivity index (χ1v) is 46.4. The minimum absolute atomic E-state index is 0.000226. The molecule has 3 saturated heterocycles. The number of aryl methyl sites for hydroxylation is 1. The molecule has 0 bridgehead atoms. The second kappa shape index (κ2) is 53.3. The lowest BCUT2D eigenvalue weighted by Crippen LogP contribution is -2.61. The highest BCUT2D eigenvalue weighted by molar-refractivity contribution is 7.99. The van der Waals surface area contributed by atoms with E-state index >= 15 is 24.0 Å². The van der Waals surface area contributed by atoms with E-state index in [9.17, 15) is 57.8 Å². The summed E-state index contributed by atoms with van der Waals surface area (Å²) in [6, 6.07) is -3.55. The van der Waals surface area contributed by atoms with Gasteiger partial charge < -0.3 is 132 Å². The summed E-state index contributed by atoms with van der Waals surface area (Å²) in [7, 11) is 0. The number of imidazole rings is 2. The number of fused-ring (bicyclic) bond motifs is 1. The molecular formula is C84H123N29O17S3. The summed E-state index contributed by atoms with van der Waals surface area (Å²) in [6.45, 7) is 3.27. The molecule has 0 unspecified atom stereocenters. The number of guanidine groups is 3. The minimum atomic E-state index is -1.70. The molecule has 46 nitrogen and oxygen atoms in total. The van der Waals surface area contributed by atoms with Crippen molar-refractivity contribution in [3.05, 3.63) is 108 Å². The molecule has 29 N–H and O–H groups in total. The number of benzene rings is 2. The van der Waals surface area contributed by atoms with E-state index in [2.05, 4.69) is 125 Å². The highest BCUT2D eigenvalue weighted by atomic mass is 32.2. The third kappa shape index (κ3) is 32.9. The topological polar surface area (TPSA) is 720 Å². The number of amides is 15. The van der Waals surface area contributed by atoms with Crippen molar-refractivity contribution in [1.29, 1.82) is 16.2 Å². The van der Waals surface area contributed by atoms with Gasteiger partial charge in [-0.05, 0) is 107 Å². The molecule has 3 aromatic heterocycles. The number of para-hydroxylation sites is 1. The number of carboxylic acid groups (broad SMARTS) is 1. The molecular weight excluding hydrogens is 1780 g/mol. The van der Waals surface area contributed by atoms with Crippen LogP contribution in [0, 0.1) is 16.2 Å². The molecule has 14 atom stereocenters. The molecule has 0 spiro atoms. The Morgan fingerprint density at radius 3 is 1.44 bits per heavy atom. The first-order valence-electron chi connectivity index (χ1n) is 44.0. The molecule has 3 aliphatic heterocycles. The SMILES string of the molecule is CCCC[C@H](NC(=O)[C@H](CCC(=O)O)NC(=O)[C@@H](CCCNC(=N)N)NC(=O)[C@@H]1CCCN1C(=O)[C@@H]1CCCN1C(=O)[C@H](CS)NC(=O)[C@H](Cc1c[nH]c2ccccc12)NC(=O)[C@H](CCc1c[nH]cn1)NC(=O)[C@@H](Cc1ccccc1)NC(=O)[C@H](Cc1c[nH]cn1)NC(=O)[C@@H]1CSCN1C(=O)[C@H](CS)NC(C)=O)C(=O)N[C@H](CCCNC(=N)N)C(=O)N[C@H](CCCNC(=N)N)C(N)=O. The fourth-order valence-corrected chi connectivity index (χ4v) is 17.3. The molecule has 0 aliphatic carbocycles. The van der Waals surface area contributed by atoms with Crippen molar-refractivity contribution in [2.24, 2.45) is 22.9 Å². The zero-order chi connectivity index (χ0) is 96.8. The van der Waals surface area contributed by atoms with Gasteiger partial charge in [-0.3, -0.25) is 92.9 Å². The highest BCUT2D eigenvalue weighted by Crippen LogP contribution is 2.28. The van der Waals surface area contributed by atoms with E-state index in [1.54, 1.807) is 73.9 Å². The summed E-state index contributed by atoms with van der Waals surface area (Å²) in [5.41, 5.74) is 24.7. The van der Waals surface area contributed by atoms with Gasteiger partial charge in [-0.1, -0.05) is 68.3 Å². The number of primary amides is 1. The predicted octanol–water partition coefficient (Wildman–Crippen LogP) is -4.30. The molecule has 0 saturated carbocycles. The summed E-state index contributed by atoms with van der Waals surface area (Å²) in [5.74, 6) is -14.9. The van der Waals surface area contributed by atoms with Crippen molar-refractivity contribution in [1.82, 2.24) is 114 Å². The number of aromatic amines is 3. The number of carbonyl (C=O) groups excluding carboxylic acids is 15. The summed E-state index contributed by atoms with van der Waals surface area (Å²) < 4.78 is 0. The number of unbranched alkanes of at least 4 members (excludes halogenated alkanes) is 1. The number of hydrogen-bond donors (Lipinski definition) is 27. The molecule has 2 aromatic carbocycles. The Hall–Kier alpha value is -13.2. The van der Waals surface area contributed by atoms with Crippen molar-refractivity contribution >= 4 is 160 Å². The third-order valence-corrected chi connectivity index (χ3v) is 24.3. The minimum Gasteiger partial charge on any atom is -0.481 e. The first kappa shape index (κ1) is 105. The van der Waals surface area contributed by atoms with Gasteiger partial charge >= 0.3 is 5.97 Å². The van der Waals surface area contributed by atoms with Crippen LogP contribution in [0.15, 0.2) is 85.8 Å². The Morgan fingerprint density at radius 1 is 0.481 bits per heavy atom. The summed E-state index contributed by atoms with van der Waals surface area (Å²) >= 11 is 10.1. The fourth-order valence-electron chi connectivity index (χ4n) is 15.6. The third-order valence-electron chi connectivity index (χ3n) is 22.5. The maximum Gasteiger partial charge on any atom is 0.303 e. The Bertz CT molecular complexity index is 4860. The molecule has 0 radical (unpaired) electrons. The average Bonchev–Trinajstić information content (AvgIpc) is 1.63. The van der Waals surface area contributed by atoms with Crippen LogP contribution in [0.5, 0.6) is 0 Å². The number of nitrogens with zero attached hydrogens (tertiary/aromatic N) is 5. The quantitative estimate of drug-likeness (QED) is 0.00758. The van der Waals surface area contributed by atoms with Crippen LogP contribution in [-0.4, -0.2) is 298 Å². The maximum absolute atomic E-state index is 15.4. The van der Waals surface area contributed by atoms with Crippen molar-refractivity contribution < 1.29 is 81.8 Å². The van der Waals surface area contributed by atoms with Gasteiger partial charge in [0.15, 0.2) is 17.9 Å². The normalized spacial score (nSPS) is 17.1. The number of aromatic nitrogens is 5. The second-order valence-corrected chi connectivity index (χ2v) is 34.2. The maximum atomic E-state index is 15.4. The Kier molecular flexibility index (Phi) is 42.2. The first-order chi connectivity index (χ1) is 63.7. The molecule has 5 aromatic rings. The zero-order valence-corrected chi connectivity index (χ0v) is 76.6. The fraction of sp³-hybridized carbons (Fsp3) is 0.536.